The molecule has 9 aromatic rings. The van der Waals surface area contributed by atoms with E-state index in [1.165, 1.54) is 82.5 Å². The Balaban J connectivity index is 0.000000185. The number of benzene rings is 2. The topological polar surface area (TPSA) is 334 Å². The van der Waals surface area contributed by atoms with Crippen LogP contribution in [0.1, 0.15) is 98.3 Å². The molecule has 2 radical (unpaired) electrons. The molecular weight excluding hydrogens is 1730 g/mol. The Morgan fingerprint density at radius 2 is 1.03 bits per heavy atom. The summed E-state index contributed by atoms with van der Waals surface area (Å²) in [5.74, 6) is -15.0. The number of hydrogen-bond acceptors (Lipinski definition) is 23. The molecule has 638 valence electrons. The zero-order valence-corrected chi connectivity index (χ0v) is 68.5. The maximum atomic E-state index is 14.6. The number of hydrogen-bond donors (Lipinski definition) is 4. The minimum absolute atomic E-state index is 0.00810. The van der Waals surface area contributed by atoms with Gasteiger partial charge in [0.25, 0.3) is 32.6 Å². The Morgan fingerprint density at radius 3 is 1.48 bits per heavy atom. The zero-order valence-electron chi connectivity index (χ0n) is 65.4. The van der Waals surface area contributed by atoms with Crippen LogP contribution in [-0.2, 0) is 28.8 Å². The fraction of sp³-hybridized carbons (Fsp3) is 0.354. The molecule has 5 aliphatic rings. The molecule has 121 heavy (non-hydrogen) atoms. The van der Waals surface area contributed by atoms with Crippen LogP contribution in [-0.4, -0.2) is 211 Å². The minimum Gasteiger partial charge on any atom is -0.619 e. The van der Waals surface area contributed by atoms with Gasteiger partial charge in [-0.15, -0.1) is 0 Å². The van der Waals surface area contributed by atoms with E-state index in [0.29, 0.717) is 89.1 Å². The van der Waals surface area contributed by atoms with Gasteiger partial charge in [0.1, 0.15) is 23.2 Å². The quantitative estimate of drug-likeness (QED) is 0.0155. The number of rotatable bonds is 18. The maximum Gasteiger partial charge on any atom is 0.376 e. The Bertz CT molecular complexity index is 4770. The number of halogens is 12. The van der Waals surface area contributed by atoms with E-state index in [9.17, 15) is 83.1 Å². The van der Waals surface area contributed by atoms with Crippen molar-refractivity contribution in [1.82, 2.24) is 59.5 Å². The first-order valence-corrected chi connectivity index (χ1v) is 39.4. The number of ether oxygens (including phenoxy) is 2. The molecule has 2 amide bonds. The summed E-state index contributed by atoms with van der Waals surface area (Å²) in [5, 5.41) is 39.1. The molecule has 5 aliphatic heterocycles. The number of nitrogens with zero attached hydrogens (tertiary/aromatic N) is 13. The summed E-state index contributed by atoms with van der Waals surface area (Å²) in [5.41, 5.74) is 2.37. The summed E-state index contributed by atoms with van der Waals surface area (Å²) in [4.78, 5) is 101. The Labute approximate surface area is 708 Å². The molecule has 6 atom stereocenters. The summed E-state index contributed by atoms with van der Waals surface area (Å²) in [6, 6.07) is 21.3. The van der Waals surface area contributed by atoms with Crippen LogP contribution < -0.4 is 34.9 Å². The second kappa shape index (κ2) is 47.0. The van der Waals surface area contributed by atoms with E-state index in [0.717, 1.165) is 72.2 Å². The van der Waals surface area contributed by atoms with E-state index >= 15 is 0 Å². The Morgan fingerprint density at radius 1 is 0.587 bits per heavy atom. The number of likely N-dealkylation sites (tertiary alicyclic amines) is 1. The summed E-state index contributed by atoms with van der Waals surface area (Å²) in [6.07, 6.45) is 21.8. The van der Waals surface area contributed by atoms with Crippen molar-refractivity contribution in [3.8, 4) is 23.3 Å². The molecule has 5 fully saturated rings. The van der Waals surface area contributed by atoms with E-state index < -0.39 is 84.2 Å². The van der Waals surface area contributed by atoms with Crippen LogP contribution >= 0.6 is 31.9 Å². The lowest BCUT2D eigenvalue weighted by molar-refractivity contribution is -0.605. The van der Waals surface area contributed by atoms with Crippen molar-refractivity contribution in [2.45, 2.75) is 112 Å². The lowest BCUT2D eigenvalue weighted by atomic mass is 9.82. The highest BCUT2D eigenvalue weighted by atomic mass is 79.9. The van der Waals surface area contributed by atoms with Crippen LogP contribution in [0, 0.1) is 33.7 Å². The molecule has 0 aliphatic carbocycles. The third-order valence-electron chi connectivity index (χ3n) is 19.3. The number of amides is 2. The van der Waals surface area contributed by atoms with Crippen molar-refractivity contribution in [3.63, 3.8) is 0 Å². The molecule has 42 heteroatoms. The third kappa shape index (κ3) is 30.8. The van der Waals surface area contributed by atoms with E-state index in [-0.39, 0.29) is 103 Å². The number of aromatic nitrogens is 9. The largest absolute Gasteiger partial charge is 0.619 e. The van der Waals surface area contributed by atoms with Crippen LogP contribution in [0.4, 0.5) is 55.5 Å². The van der Waals surface area contributed by atoms with Gasteiger partial charge in [0.2, 0.25) is 23.6 Å². The van der Waals surface area contributed by atoms with Crippen molar-refractivity contribution in [1.29, 1.82) is 0 Å². The molecular formula is C79H83B3Br2F10N16O11. The van der Waals surface area contributed by atoms with E-state index in [1.54, 1.807) is 67.3 Å². The smallest absolute Gasteiger partial charge is 0.376 e. The molecule has 2 aromatic carbocycles. The first-order valence-electron chi connectivity index (χ1n) is 37.7. The zero-order chi connectivity index (χ0) is 87.8. The number of anilines is 2. The summed E-state index contributed by atoms with van der Waals surface area (Å²) >= 11 is 6.38. The van der Waals surface area contributed by atoms with Gasteiger partial charge in [-0.05, 0) is 136 Å². The van der Waals surface area contributed by atoms with Gasteiger partial charge in [0.15, 0.2) is 59.6 Å². The van der Waals surface area contributed by atoms with Gasteiger partial charge in [0.05, 0.1) is 71.7 Å². The molecule has 5 saturated heterocycles. The second-order valence-corrected chi connectivity index (χ2v) is 30.0. The van der Waals surface area contributed by atoms with Crippen LogP contribution in [0.3, 0.4) is 0 Å². The molecule has 0 saturated carbocycles. The number of carbonyl (C=O) groups is 6. The number of carbonyl (C=O) groups excluding carboxylic acids is 6. The van der Waals surface area contributed by atoms with Crippen LogP contribution in [0.5, 0.6) is 23.3 Å². The molecule has 27 nitrogen and oxygen atoms in total. The highest BCUT2D eigenvalue weighted by Gasteiger charge is 2.48. The Kier molecular flexibility index (Phi) is 37.2. The predicted molar refractivity (Wildman–Crippen MR) is 435 cm³/mol. The molecule has 0 bridgehead atoms. The lowest BCUT2D eigenvalue weighted by Gasteiger charge is -2.40. The standard InChI is InChI=1S/C23H21F4N5O3.C13H10BrF2N3O2.C11H12BF2N2O.C11H12BN2O2.C10H12F2N2O.C6H12BNO2.C5H4BrN/c1-14(31-9-6-23(26,27)17(13-31)15-4-7-32(34)8-5-15)22(33)30-20-11-29-21(12-28-20)35-19-3-2-16(24)10-18(19)25;1-7(14)13(20)19-11-5-18-12(6-17-11)21-10-3-2-8(15)4-9(10)16;13-11(14)3-6-16(12-8-17)7-10(11)9-1-4-15-5-2-9;15-8-12-14-6-3-11(16)10(7-14)9-1-4-13-5-2-9;11-10(12)3-4-13-7-9(10)8-1-5-14(15)6-2-8;1-7(10)8-4-2-6(9)3-5-8;6-5-1-3-7-4-2-5/h2-5,7-8,10-12,14,17H,6,9,13H2,1H3,(H,28,30,33);2-7H,1H3,(H,17,19,20);1-2,4-5,8,10H,3,6-7H2;1-2,4-5,8,10H,3,6-7H2;1-2,5-6,9,13H,3-4,7H2;10H,2-5H2,1H3;1-4H/t14-,17+;7-;;;9-;;/m01..1../s1. The molecule has 12 heterocycles. The average Bonchev–Trinajstić information content (AvgIpc) is 0.795. The average molecular weight is 1810 g/mol. The van der Waals surface area contributed by atoms with E-state index in [2.05, 4.69) is 82.7 Å². The normalized spacial score (nSPS) is 19.1. The van der Waals surface area contributed by atoms with Gasteiger partial charge >= 0.3 is 7.05 Å². The number of pyridine rings is 5. The Hall–Kier alpha value is -10.6. The van der Waals surface area contributed by atoms with Crippen molar-refractivity contribution < 1.29 is 96.6 Å². The van der Waals surface area contributed by atoms with Crippen molar-refractivity contribution >= 4 is 101 Å². The van der Waals surface area contributed by atoms with Gasteiger partial charge in [0, 0.05) is 149 Å². The SMILES string of the molecule is Brc1ccncc1.CB(O)N1CCC(=O)CC1.C[C@@H](Br)C(=O)Nc1cnc(Oc2ccc(F)cc2F)cn1.C[C@@H](C(=O)Nc1cnc(Oc2ccc(F)cc2F)cn1)N1CCC(F)(F)[C@@H](c2cc[n+]([O-])cc2)C1.O=C[B]N1CCC(=O)C(c2ccncc2)C1.O=C[B]N1CCC(F)(F)C(c2ccncc2)C1.[O-][n+]1ccc([C@H]2CNCCC2(F)F)cc1. The summed E-state index contributed by atoms with van der Waals surface area (Å²) < 4.78 is 149. The molecule has 7 aromatic heterocycles. The van der Waals surface area contributed by atoms with E-state index in [1.807, 2.05) is 33.9 Å². The first kappa shape index (κ1) is 95.9. The number of ketones is 2. The summed E-state index contributed by atoms with van der Waals surface area (Å²) in [7, 11) is 2.43. The number of Topliss-reactive ketones (excluding diaryl/α,β-unsaturated/α-hetero) is 2. The third-order valence-corrected chi connectivity index (χ3v) is 20.2. The monoisotopic (exact) mass is 1810 g/mol. The number of nitrogens with one attached hydrogen (secondary N) is 3. The van der Waals surface area contributed by atoms with Crippen molar-refractivity contribution in [3.05, 3.63) is 244 Å². The van der Waals surface area contributed by atoms with Gasteiger partial charge in [-0.25, -0.2) is 63.8 Å². The van der Waals surface area contributed by atoms with E-state index in [4.69, 9.17) is 14.5 Å². The number of alkyl halides is 7. The molecule has 2 unspecified atom stereocenters. The first-order chi connectivity index (χ1) is 57.7. The predicted octanol–water partition coefficient (Wildman–Crippen LogP) is 11.1. The van der Waals surface area contributed by atoms with Crippen LogP contribution in [0.25, 0.3) is 0 Å². The van der Waals surface area contributed by atoms with Gasteiger partial charge in [-0.3, -0.25) is 39.0 Å². The van der Waals surface area contributed by atoms with Gasteiger partial charge in [-0.2, -0.15) is 9.46 Å². The fourth-order valence-electron chi connectivity index (χ4n) is 12.5. The number of piperidine rings is 5. The molecule has 4 N–H and O–H groups in total. The van der Waals surface area contributed by atoms with Gasteiger partial charge in [-0.1, -0.05) is 31.9 Å². The highest BCUT2D eigenvalue weighted by molar-refractivity contribution is 9.10. The van der Waals surface area contributed by atoms with Crippen LogP contribution in [0.15, 0.2) is 188 Å². The highest BCUT2D eigenvalue weighted by Crippen LogP contribution is 2.43. The van der Waals surface area contributed by atoms with Crippen LogP contribution in [0.2, 0.25) is 6.82 Å². The van der Waals surface area contributed by atoms with Crippen molar-refractivity contribution in [2.24, 2.45) is 0 Å². The maximum absolute atomic E-state index is 14.6. The summed E-state index contributed by atoms with van der Waals surface area (Å²) in [6.45, 7) is 8.56. The fourth-order valence-corrected chi connectivity index (χ4v) is 12.8. The van der Waals surface area contributed by atoms with Gasteiger partial charge < -0.3 is 64.9 Å². The second-order valence-electron chi connectivity index (χ2n) is 27.7. The van der Waals surface area contributed by atoms with Crippen molar-refractivity contribution in [2.75, 3.05) is 76.1 Å². The lowest BCUT2D eigenvalue weighted by Crippen LogP contribution is -2.52. The minimum atomic E-state index is -2.98. The molecule has 0 spiro atoms. The molecule has 14 rings (SSSR count).